The van der Waals surface area contributed by atoms with E-state index >= 15 is 0 Å². The summed E-state index contributed by atoms with van der Waals surface area (Å²) in [7, 11) is 0. The maximum absolute atomic E-state index is 12.2. The lowest BCUT2D eigenvalue weighted by molar-refractivity contribution is -0.129. The highest BCUT2D eigenvalue weighted by Crippen LogP contribution is 2.24. The minimum Gasteiger partial charge on any atom is -0.330 e. The maximum Gasteiger partial charge on any atom is 0.396 e. The van der Waals surface area contributed by atoms with Crippen molar-refractivity contribution in [2.24, 2.45) is 11.7 Å². The predicted molar refractivity (Wildman–Crippen MR) is 50.6 cm³/mol. The number of fused-ring (bicyclic) bond motifs is 1. The van der Waals surface area contributed by atoms with Crippen LogP contribution in [0.1, 0.15) is 18.1 Å². The van der Waals surface area contributed by atoms with Gasteiger partial charge >= 0.3 is 6.18 Å². The summed E-state index contributed by atoms with van der Waals surface area (Å²) in [6, 6.07) is 0. The highest BCUT2D eigenvalue weighted by Gasteiger charge is 2.32. The zero-order valence-electron chi connectivity index (χ0n) is 8.67. The van der Waals surface area contributed by atoms with Crippen LogP contribution in [0.25, 0.3) is 0 Å². The van der Waals surface area contributed by atoms with Crippen LogP contribution in [0, 0.1) is 5.92 Å². The zero-order valence-corrected chi connectivity index (χ0v) is 8.67. The van der Waals surface area contributed by atoms with Crippen LogP contribution < -0.4 is 5.73 Å². The van der Waals surface area contributed by atoms with Crippen molar-refractivity contribution in [1.82, 2.24) is 14.8 Å². The van der Waals surface area contributed by atoms with Crippen LogP contribution in [0.5, 0.6) is 0 Å². The van der Waals surface area contributed by atoms with Gasteiger partial charge in [-0.05, 0) is 18.9 Å². The molecule has 2 heterocycles. The molecular weight excluding hydrogens is 221 g/mol. The Morgan fingerprint density at radius 1 is 1.38 bits per heavy atom. The zero-order chi connectivity index (χ0) is 11.8. The van der Waals surface area contributed by atoms with Crippen molar-refractivity contribution < 1.29 is 13.2 Å². The third kappa shape index (κ3) is 2.34. The number of hydrogen-bond donors (Lipinski definition) is 1. The van der Waals surface area contributed by atoms with Gasteiger partial charge < -0.3 is 10.3 Å². The minimum absolute atomic E-state index is 0.0120. The van der Waals surface area contributed by atoms with E-state index in [1.165, 1.54) is 0 Å². The van der Waals surface area contributed by atoms with Crippen molar-refractivity contribution in [3.8, 4) is 0 Å². The third-order valence-electron chi connectivity index (χ3n) is 2.83. The summed E-state index contributed by atoms with van der Waals surface area (Å²) < 4.78 is 38.3. The largest absolute Gasteiger partial charge is 0.396 e. The Labute approximate surface area is 90.6 Å². The molecular formula is C9H13F3N4. The van der Waals surface area contributed by atoms with Gasteiger partial charge in [0.15, 0.2) is 0 Å². The molecule has 2 N–H and O–H groups in total. The Hall–Kier alpha value is -1.11. The first-order valence-corrected chi connectivity index (χ1v) is 5.17. The highest BCUT2D eigenvalue weighted by molar-refractivity contribution is 5.01. The van der Waals surface area contributed by atoms with E-state index in [-0.39, 0.29) is 5.82 Å². The van der Waals surface area contributed by atoms with Crippen molar-refractivity contribution in [2.75, 3.05) is 6.54 Å². The van der Waals surface area contributed by atoms with Gasteiger partial charge in [0.25, 0.3) is 0 Å². The summed E-state index contributed by atoms with van der Waals surface area (Å²) in [5, 5.41) is 7.40. The Kier molecular flexibility index (Phi) is 2.88. The molecule has 1 aliphatic heterocycles. The summed E-state index contributed by atoms with van der Waals surface area (Å²) in [4.78, 5) is 0. The highest BCUT2D eigenvalue weighted by atomic mass is 19.4. The van der Waals surface area contributed by atoms with Crippen molar-refractivity contribution >= 4 is 0 Å². The second-order valence-corrected chi connectivity index (χ2v) is 4.07. The minimum atomic E-state index is -4.23. The Morgan fingerprint density at radius 2 is 2.12 bits per heavy atom. The first-order chi connectivity index (χ1) is 7.49. The summed E-state index contributed by atoms with van der Waals surface area (Å²) >= 11 is 0. The molecule has 0 aromatic carbocycles. The average molecular weight is 234 g/mol. The van der Waals surface area contributed by atoms with Crippen molar-refractivity contribution in [3.05, 3.63) is 11.6 Å². The summed E-state index contributed by atoms with van der Waals surface area (Å²) in [5.41, 5.74) is 5.53. The molecule has 0 aliphatic carbocycles. The molecule has 0 fully saturated rings. The Balaban J connectivity index is 2.16. The fourth-order valence-electron chi connectivity index (χ4n) is 1.96. The monoisotopic (exact) mass is 234 g/mol. The molecule has 2 rings (SSSR count). The SMILES string of the molecule is NCC1CCn2c(nnc2CC(F)(F)F)C1. The van der Waals surface area contributed by atoms with E-state index < -0.39 is 12.6 Å². The van der Waals surface area contributed by atoms with E-state index in [1.54, 1.807) is 4.57 Å². The lowest BCUT2D eigenvalue weighted by Crippen LogP contribution is -2.27. The number of rotatable bonds is 2. The van der Waals surface area contributed by atoms with Gasteiger partial charge in [-0.15, -0.1) is 10.2 Å². The van der Waals surface area contributed by atoms with Crippen LogP contribution in [0.15, 0.2) is 0 Å². The number of hydrogen-bond acceptors (Lipinski definition) is 3. The Bertz CT molecular complexity index is 371. The number of nitrogens with zero attached hydrogens (tertiary/aromatic N) is 3. The van der Waals surface area contributed by atoms with Crippen molar-refractivity contribution in [3.63, 3.8) is 0 Å². The van der Waals surface area contributed by atoms with Crippen LogP contribution >= 0.6 is 0 Å². The van der Waals surface area contributed by atoms with Crippen LogP contribution in [0.3, 0.4) is 0 Å². The van der Waals surface area contributed by atoms with Crippen molar-refractivity contribution in [2.45, 2.75) is 32.0 Å². The smallest absolute Gasteiger partial charge is 0.330 e. The summed E-state index contributed by atoms with van der Waals surface area (Å²) in [5.74, 6) is 0.953. The molecule has 16 heavy (non-hydrogen) atoms. The molecule has 1 aromatic rings. The van der Waals surface area contributed by atoms with Gasteiger partial charge in [-0.3, -0.25) is 0 Å². The molecule has 1 atom stereocenters. The molecule has 1 aliphatic rings. The average Bonchev–Trinajstić information content (AvgIpc) is 2.58. The Morgan fingerprint density at radius 3 is 2.75 bits per heavy atom. The van der Waals surface area contributed by atoms with E-state index in [4.69, 9.17) is 5.73 Å². The van der Waals surface area contributed by atoms with E-state index in [2.05, 4.69) is 10.2 Å². The standard InChI is InChI=1S/C9H13F3N4/c10-9(11,12)4-8-15-14-7-3-6(5-13)1-2-16(7)8/h6H,1-5,13H2. The molecule has 0 radical (unpaired) electrons. The number of aromatic nitrogens is 3. The molecule has 7 heteroatoms. The van der Waals surface area contributed by atoms with Gasteiger partial charge in [-0.25, -0.2) is 0 Å². The molecule has 0 bridgehead atoms. The number of halogens is 3. The fourth-order valence-corrected chi connectivity index (χ4v) is 1.96. The quantitative estimate of drug-likeness (QED) is 0.827. The van der Waals surface area contributed by atoms with E-state index in [1.807, 2.05) is 0 Å². The molecule has 4 nitrogen and oxygen atoms in total. The van der Waals surface area contributed by atoms with E-state index in [9.17, 15) is 13.2 Å². The van der Waals surface area contributed by atoms with Gasteiger partial charge in [-0.2, -0.15) is 13.2 Å². The number of nitrogens with two attached hydrogens (primary N) is 1. The third-order valence-corrected chi connectivity index (χ3v) is 2.83. The second-order valence-electron chi connectivity index (χ2n) is 4.07. The summed E-state index contributed by atoms with van der Waals surface area (Å²) in [6.07, 6.45) is -3.81. The van der Waals surface area contributed by atoms with Gasteiger partial charge in [0.2, 0.25) is 0 Å². The normalized spacial score (nSPS) is 20.9. The number of alkyl halides is 3. The maximum atomic E-state index is 12.2. The molecule has 90 valence electrons. The van der Waals surface area contributed by atoms with Crippen LogP contribution in [0.4, 0.5) is 13.2 Å². The molecule has 1 unspecified atom stereocenters. The molecule has 1 aromatic heterocycles. The lowest BCUT2D eigenvalue weighted by Gasteiger charge is -2.22. The molecule has 0 saturated carbocycles. The van der Waals surface area contributed by atoms with Crippen LogP contribution in [0.2, 0.25) is 0 Å². The van der Waals surface area contributed by atoms with Crippen LogP contribution in [-0.4, -0.2) is 27.5 Å². The fraction of sp³-hybridized carbons (Fsp3) is 0.778. The van der Waals surface area contributed by atoms with Gasteiger partial charge in [0, 0.05) is 13.0 Å². The first-order valence-electron chi connectivity index (χ1n) is 5.17. The molecule has 0 saturated heterocycles. The van der Waals surface area contributed by atoms with Crippen LogP contribution in [-0.2, 0) is 19.4 Å². The van der Waals surface area contributed by atoms with Gasteiger partial charge in [-0.1, -0.05) is 0 Å². The van der Waals surface area contributed by atoms with Crippen molar-refractivity contribution in [1.29, 1.82) is 0 Å². The summed E-state index contributed by atoms with van der Waals surface area (Å²) in [6.45, 7) is 1.08. The first kappa shape index (κ1) is 11.4. The lowest BCUT2D eigenvalue weighted by atomic mass is 9.98. The molecule has 0 amide bonds. The van der Waals surface area contributed by atoms with Gasteiger partial charge in [0.1, 0.15) is 18.1 Å². The van der Waals surface area contributed by atoms with Gasteiger partial charge in [0.05, 0.1) is 0 Å². The topological polar surface area (TPSA) is 56.7 Å². The van der Waals surface area contributed by atoms with E-state index in [0.29, 0.717) is 31.3 Å². The second kappa shape index (κ2) is 4.04. The van der Waals surface area contributed by atoms with E-state index in [0.717, 1.165) is 6.42 Å². The predicted octanol–water partition coefficient (Wildman–Crippen LogP) is 0.904. The molecule has 0 spiro atoms.